The van der Waals surface area contributed by atoms with E-state index >= 15 is 0 Å². The molecule has 1 aromatic carbocycles. The van der Waals surface area contributed by atoms with Crippen molar-refractivity contribution in [2.75, 3.05) is 13.2 Å². The number of nitrogens with one attached hydrogen (secondary N) is 1. The summed E-state index contributed by atoms with van der Waals surface area (Å²) in [6.45, 7) is 6.44. The van der Waals surface area contributed by atoms with Crippen LogP contribution in [-0.4, -0.2) is 24.0 Å². The van der Waals surface area contributed by atoms with E-state index in [2.05, 4.69) is 10.3 Å². The van der Waals surface area contributed by atoms with E-state index in [1.807, 2.05) is 26.8 Å². The number of amides is 1. The van der Waals surface area contributed by atoms with Crippen molar-refractivity contribution >= 4 is 17.5 Å². The van der Waals surface area contributed by atoms with E-state index in [1.165, 1.54) is 12.1 Å². The van der Waals surface area contributed by atoms with E-state index in [0.717, 1.165) is 5.56 Å². The molecule has 0 saturated heterocycles. The average Bonchev–Trinajstić information content (AvgIpc) is 2.55. The van der Waals surface area contributed by atoms with Crippen molar-refractivity contribution in [3.05, 3.63) is 58.5 Å². The van der Waals surface area contributed by atoms with E-state index in [0.29, 0.717) is 19.0 Å². The molecule has 0 bridgehead atoms. The lowest BCUT2D eigenvalue weighted by molar-refractivity contribution is 0.0939. The van der Waals surface area contributed by atoms with Crippen molar-refractivity contribution in [2.45, 2.75) is 26.2 Å². The summed E-state index contributed by atoms with van der Waals surface area (Å²) in [4.78, 5) is 16.5. The molecule has 0 saturated carbocycles. The minimum absolute atomic E-state index is 0.109. The zero-order valence-electron chi connectivity index (χ0n) is 13.9. The summed E-state index contributed by atoms with van der Waals surface area (Å²) in [7, 11) is 0. The molecule has 0 aliphatic rings. The molecule has 0 spiro atoms. The van der Waals surface area contributed by atoms with Gasteiger partial charge in [0.2, 0.25) is 5.88 Å². The molecule has 2 rings (SSSR count). The first-order valence-corrected chi connectivity index (χ1v) is 8.05. The third kappa shape index (κ3) is 4.45. The number of aromatic nitrogens is 1. The fraction of sp³-hybridized carbons (Fsp3) is 0.333. The van der Waals surface area contributed by atoms with Gasteiger partial charge in [-0.25, -0.2) is 9.37 Å². The van der Waals surface area contributed by atoms with Gasteiger partial charge in [0.15, 0.2) is 5.69 Å². The molecule has 1 heterocycles. The van der Waals surface area contributed by atoms with E-state index in [9.17, 15) is 9.18 Å². The van der Waals surface area contributed by atoms with Gasteiger partial charge in [0.05, 0.1) is 11.6 Å². The van der Waals surface area contributed by atoms with Crippen LogP contribution in [0.15, 0.2) is 36.4 Å². The number of hydrogen-bond donors (Lipinski definition) is 1. The number of pyridine rings is 1. The predicted molar refractivity (Wildman–Crippen MR) is 92.2 cm³/mol. The van der Waals surface area contributed by atoms with Gasteiger partial charge >= 0.3 is 0 Å². The van der Waals surface area contributed by atoms with Crippen LogP contribution in [0.1, 0.15) is 36.8 Å². The van der Waals surface area contributed by atoms with E-state index < -0.39 is 11.3 Å². The fourth-order valence-electron chi connectivity index (χ4n) is 2.21. The molecule has 24 heavy (non-hydrogen) atoms. The van der Waals surface area contributed by atoms with E-state index in [-0.39, 0.29) is 16.5 Å². The molecular weight excluding hydrogens is 331 g/mol. The molecule has 6 heteroatoms. The van der Waals surface area contributed by atoms with Gasteiger partial charge in [-0.15, -0.1) is 0 Å². The quantitative estimate of drug-likeness (QED) is 0.857. The van der Waals surface area contributed by atoms with Crippen molar-refractivity contribution < 1.29 is 13.9 Å². The van der Waals surface area contributed by atoms with Gasteiger partial charge in [0.1, 0.15) is 5.82 Å². The van der Waals surface area contributed by atoms with Crippen molar-refractivity contribution in [2.24, 2.45) is 0 Å². The number of nitrogens with zero attached hydrogens (tertiary/aromatic N) is 1. The van der Waals surface area contributed by atoms with Gasteiger partial charge in [-0.2, -0.15) is 0 Å². The fourth-order valence-corrected chi connectivity index (χ4v) is 2.40. The summed E-state index contributed by atoms with van der Waals surface area (Å²) < 4.78 is 18.7. The van der Waals surface area contributed by atoms with Crippen LogP contribution in [0.2, 0.25) is 5.02 Å². The topological polar surface area (TPSA) is 51.2 Å². The number of halogens is 2. The largest absolute Gasteiger partial charge is 0.478 e. The van der Waals surface area contributed by atoms with Crippen LogP contribution in [0.3, 0.4) is 0 Å². The molecular formula is C18H20ClFN2O2. The van der Waals surface area contributed by atoms with Crippen molar-refractivity contribution in [3.63, 3.8) is 0 Å². The molecule has 0 aliphatic carbocycles. The Morgan fingerprint density at radius 2 is 2.08 bits per heavy atom. The van der Waals surface area contributed by atoms with Crippen LogP contribution in [0.5, 0.6) is 5.88 Å². The van der Waals surface area contributed by atoms with Crippen molar-refractivity contribution in [1.29, 1.82) is 0 Å². The number of hydrogen-bond acceptors (Lipinski definition) is 3. The minimum atomic E-state index is -0.443. The van der Waals surface area contributed by atoms with Crippen molar-refractivity contribution in [1.82, 2.24) is 10.3 Å². The lowest BCUT2D eigenvalue weighted by Gasteiger charge is -2.25. The Morgan fingerprint density at radius 3 is 2.75 bits per heavy atom. The number of carbonyl (C=O) groups excluding carboxylic acids is 1. The molecule has 4 nitrogen and oxygen atoms in total. The molecule has 0 atom stereocenters. The summed E-state index contributed by atoms with van der Waals surface area (Å²) >= 11 is 6.05. The van der Waals surface area contributed by atoms with Crippen molar-refractivity contribution in [3.8, 4) is 5.88 Å². The van der Waals surface area contributed by atoms with E-state index in [1.54, 1.807) is 18.2 Å². The first-order chi connectivity index (χ1) is 11.3. The van der Waals surface area contributed by atoms with Gasteiger partial charge in [-0.3, -0.25) is 4.79 Å². The second-order valence-corrected chi connectivity index (χ2v) is 6.40. The van der Waals surface area contributed by atoms with Gasteiger partial charge in [0, 0.05) is 18.0 Å². The Hall–Kier alpha value is -2.14. The summed E-state index contributed by atoms with van der Waals surface area (Å²) in [5.41, 5.74) is 0.462. The maximum Gasteiger partial charge on any atom is 0.271 e. The highest BCUT2D eigenvalue weighted by molar-refractivity contribution is 6.33. The molecule has 1 aromatic heterocycles. The smallest absolute Gasteiger partial charge is 0.271 e. The predicted octanol–water partition coefficient (Wildman–Crippen LogP) is 3.98. The molecule has 0 aliphatic heterocycles. The van der Waals surface area contributed by atoms with E-state index in [4.69, 9.17) is 16.3 Å². The zero-order chi connectivity index (χ0) is 17.7. The molecule has 0 unspecified atom stereocenters. The molecule has 1 N–H and O–H groups in total. The third-order valence-corrected chi connectivity index (χ3v) is 3.93. The molecule has 0 fully saturated rings. The highest BCUT2D eigenvalue weighted by atomic mass is 35.5. The van der Waals surface area contributed by atoms with Crippen LogP contribution >= 0.6 is 11.6 Å². The Bertz CT molecular complexity index is 735. The lowest BCUT2D eigenvalue weighted by atomic mass is 9.84. The van der Waals surface area contributed by atoms with Gasteiger partial charge in [-0.05, 0) is 30.7 Å². The SMILES string of the molecule is CCOc1ccc(Cl)c(C(=O)NCC(C)(C)c2cccc(F)c2)n1. The molecule has 0 radical (unpaired) electrons. The summed E-state index contributed by atoms with van der Waals surface area (Å²) in [6, 6.07) is 9.52. The summed E-state index contributed by atoms with van der Waals surface area (Å²) in [6.07, 6.45) is 0. The number of ether oxygens (including phenoxy) is 1. The second-order valence-electron chi connectivity index (χ2n) is 5.99. The first kappa shape index (κ1) is 18.2. The lowest BCUT2D eigenvalue weighted by Crippen LogP contribution is -2.37. The Labute approximate surface area is 146 Å². The normalized spacial score (nSPS) is 11.2. The standard InChI is InChI=1S/C18H20ClFN2O2/c1-4-24-15-9-8-14(19)16(22-15)17(23)21-11-18(2,3)12-6-5-7-13(20)10-12/h5-10H,4,11H2,1-3H3,(H,21,23). The maximum absolute atomic E-state index is 13.4. The summed E-state index contributed by atoms with van der Waals surface area (Å²) in [5.74, 6) is -0.358. The molecule has 1 amide bonds. The third-order valence-electron chi connectivity index (χ3n) is 3.62. The summed E-state index contributed by atoms with van der Waals surface area (Å²) in [5, 5.41) is 3.05. The van der Waals surface area contributed by atoms with Crippen LogP contribution in [0.25, 0.3) is 0 Å². The first-order valence-electron chi connectivity index (χ1n) is 7.67. The monoisotopic (exact) mass is 350 g/mol. The van der Waals surface area contributed by atoms with Crippen LogP contribution in [0.4, 0.5) is 4.39 Å². The highest BCUT2D eigenvalue weighted by Crippen LogP contribution is 2.23. The van der Waals surface area contributed by atoms with Crippen LogP contribution in [-0.2, 0) is 5.41 Å². The zero-order valence-corrected chi connectivity index (χ0v) is 14.7. The number of benzene rings is 1. The Morgan fingerprint density at radius 1 is 1.33 bits per heavy atom. The minimum Gasteiger partial charge on any atom is -0.478 e. The van der Waals surface area contributed by atoms with Gasteiger partial charge in [0.25, 0.3) is 5.91 Å². The average molecular weight is 351 g/mol. The molecule has 128 valence electrons. The molecule has 2 aromatic rings. The number of carbonyl (C=O) groups is 1. The Kier molecular flexibility index (Phi) is 5.78. The van der Waals surface area contributed by atoms with Crippen LogP contribution in [0, 0.1) is 5.82 Å². The maximum atomic E-state index is 13.4. The second kappa shape index (κ2) is 7.62. The van der Waals surface area contributed by atoms with Gasteiger partial charge < -0.3 is 10.1 Å². The highest BCUT2D eigenvalue weighted by Gasteiger charge is 2.23. The van der Waals surface area contributed by atoms with Crippen LogP contribution < -0.4 is 10.1 Å². The Balaban J connectivity index is 2.11. The number of rotatable bonds is 6. The van der Waals surface area contributed by atoms with Gasteiger partial charge in [-0.1, -0.05) is 37.6 Å².